The van der Waals surface area contributed by atoms with Gasteiger partial charge in [-0.3, -0.25) is 4.79 Å². The monoisotopic (exact) mass is 360 g/mol. The summed E-state index contributed by atoms with van der Waals surface area (Å²) in [5.41, 5.74) is 6.71. The Morgan fingerprint density at radius 2 is 2.28 bits per heavy atom. The smallest absolute Gasteiger partial charge is 0.261 e. The SMILES string of the molecule is N[C@@H]1C[C@@H](O)CN(C(=O)C2=CN(c3ncnc4[nH]ccc34)CCS2)C1. The zero-order valence-corrected chi connectivity index (χ0v) is 14.4. The fraction of sp³-hybridized carbons (Fsp3) is 0.438. The Kier molecular flexibility index (Phi) is 4.36. The average molecular weight is 360 g/mol. The van der Waals surface area contributed by atoms with Crippen LogP contribution in [0.1, 0.15) is 6.42 Å². The van der Waals surface area contributed by atoms with Gasteiger partial charge < -0.3 is 25.6 Å². The summed E-state index contributed by atoms with van der Waals surface area (Å²) >= 11 is 1.53. The number of nitrogens with one attached hydrogen (secondary N) is 1. The molecule has 0 aliphatic carbocycles. The minimum absolute atomic E-state index is 0.0803. The van der Waals surface area contributed by atoms with Crippen molar-refractivity contribution in [1.82, 2.24) is 19.9 Å². The van der Waals surface area contributed by atoms with Crippen LogP contribution >= 0.6 is 11.8 Å². The van der Waals surface area contributed by atoms with E-state index in [9.17, 15) is 9.90 Å². The first-order valence-electron chi connectivity index (χ1n) is 8.24. The zero-order chi connectivity index (χ0) is 17.4. The molecule has 4 heterocycles. The summed E-state index contributed by atoms with van der Waals surface area (Å²) in [4.78, 5) is 28.8. The van der Waals surface area contributed by atoms with Gasteiger partial charge in [0, 0.05) is 43.8 Å². The van der Waals surface area contributed by atoms with Crippen LogP contribution in [0.5, 0.6) is 0 Å². The molecule has 132 valence electrons. The fourth-order valence-corrected chi connectivity index (χ4v) is 4.26. The van der Waals surface area contributed by atoms with Crippen LogP contribution in [0.15, 0.2) is 29.7 Å². The number of likely N-dealkylation sites (tertiary alicyclic amines) is 1. The third-order valence-corrected chi connectivity index (χ3v) is 5.40. The van der Waals surface area contributed by atoms with Crippen molar-refractivity contribution in [3.63, 3.8) is 0 Å². The Morgan fingerprint density at radius 3 is 3.12 bits per heavy atom. The maximum Gasteiger partial charge on any atom is 0.261 e. The lowest BCUT2D eigenvalue weighted by molar-refractivity contribution is -0.129. The second-order valence-electron chi connectivity index (χ2n) is 6.33. The maximum atomic E-state index is 12.8. The summed E-state index contributed by atoms with van der Waals surface area (Å²) in [7, 11) is 0. The second kappa shape index (κ2) is 6.66. The number of carbonyl (C=O) groups is 1. The number of piperidine rings is 1. The summed E-state index contributed by atoms with van der Waals surface area (Å²) < 4.78 is 0. The third-order valence-electron chi connectivity index (χ3n) is 4.43. The molecule has 2 aromatic heterocycles. The van der Waals surface area contributed by atoms with Gasteiger partial charge >= 0.3 is 0 Å². The molecule has 2 aromatic rings. The van der Waals surface area contributed by atoms with Crippen LogP contribution in [-0.2, 0) is 4.79 Å². The Bertz CT molecular complexity index is 812. The topological polar surface area (TPSA) is 111 Å². The van der Waals surface area contributed by atoms with Crippen molar-refractivity contribution in [2.24, 2.45) is 5.73 Å². The summed E-state index contributed by atoms with van der Waals surface area (Å²) in [6, 6.07) is 1.75. The van der Waals surface area contributed by atoms with E-state index in [1.165, 1.54) is 18.1 Å². The number of H-pyrrole nitrogens is 1. The van der Waals surface area contributed by atoms with Gasteiger partial charge in [-0.1, -0.05) is 0 Å². The van der Waals surface area contributed by atoms with Crippen LogP contribution in [0.2, 0.25) is 0 Å². The number of hydrogen-bond donors (Lipinski definition) is 3. The van der Waals surface area contributed by atoms with Crippen molar-refractivity contribution in [3.05, 3.63) is 29.7 Å². The minimum Gasteiger partial charge on any atom is -0.391 e. The number of anilines is 1. The van der Waals surface area contributed by atoms with E-state index in [1.54, 1.807) is 4.90 Å². The Morgan fingerprint density at radius 1 is 1.40 bits per heavy atom. The van der Waals surface area contributed by atoms with Crippen LogP contribution in [-0.4, -0.2) is 68.4 Å². The lowest BCUT2D eigenvalue weighted by Gasteiger charge is -2.35. The lowest BCUT2D eigenvalue weighted by atomic mass is 10.0. The van der Waals surface area contributed by atoms with Gasteiger partial charge in [0.25, 0.3) is 5.91 Å². The highest BCUT2D eigenvalue weighted by atomic mass is 32.2. The van der Waals surface area contributed by atoms with E-state index >= 15 is 0 Å². The fourth-order valence-electron chi connectivity index (χ4n) is 3.30. The van der Waals surface area contributed by atoms with Crippen molar-refractivity contribution >= 4 is 34.5 Å². The summed E-state index contributed by atoms with van der Waals surface area (Å²) in [6.07, 6.45) is 5.17. The minimum atomic E-state index is -0.556. The molecule has 4 N–H and O–H groups in total. The maximum absolute atomic E-state index is 12.8. The number of aliphatic hydroxyl groups excluding tert-OH is 1. The van der Waals surface area contributed by atoms with Crippen LogP contribution < -0.4 is 10.6 Å². The molecule has 25 heavy (non-hydrogen) atoms. The number of aromatic nitrogens is 3. The van der Waals surface area contributed by atoms with E-state index in [2.05, 4.69) is 15.0 Å². The standard InChI is InChI=1S/C16H20N6O2S/c17-10-5-11(23)7-22(6-10)16(24)13-8-21(3-4-25-13)15-12-1-2-18-14(12)19-9-20-15/h1-2,8-11,23H,3-7,17H2,(H,18,19,20)/t10-,11-/m1/s1. The van der Waals surface area contributed by atoms with Gasteiger partial charge in [-0.2, -0.15) is 0 Å². The largest absolute Gasteiger partial charge is 0.391 e. The summed E-state index contributed by atoms with van der Waals surface area (Å²) in [5.74, 6) is 1.49. The van der Waals surface area contributed by atoms with E-state index in [0.717, 1.165) is 29.1 Å². The molecular weight excluding hydrogens is 340 g/mol. The van der Waals surface area contributed by atoms with Gasteiger partial charge in [0.1, 0.15) is 17.8 Å². The van der Waals surface area contributed by atoms with Gasteiger partial charge in [0.15, 0.2) is 0 Å². The first kappa shape index (κ1) is 16.4. The molecule has 1 saturated heterocycles. The number of β-amino-alcohol motifs (C(OH)–C–C–N with tert-alkyl or cyclic N) is 1. The molecule has 0 spiro atoms. The number of nitrogens with zero attached hydrogens (tertiary/aromatic N) is 4. The van der Waals surface area contributed by atoms with Crippen LogP contribution in [0, 0.1) is 0 Å². The number of carbonyl (C=O) groups excluding carboxylic acids is 1. The van der Waals surface area contributed by atoms with E-state index < -0.39 is 6.10 Å². The highest BCUT2D eigenvalue weighted by Crippen LogP contribution is 2.30. The van der Waals surface area contributed by atoms with Crippen molar-refractivity contribution in [1.29, 1.82) is 0 Å². The van der Waals surface area contributed by atoms with Crippen molar-refractivity contribution in [2.45, 2.75) is 18.6 Å². The Hall–Kier alpha value is -2.10. The molecule has 2 aliphatic rings. The lowest BCUT2D eigenvalue weighted by Crippen LogP contribution is -2.51. The molecule has 1 amide bonds. The molecule has 1 fully saturated rings. The summed E-state index contributed by atoms with van der Waals surface area (Å²) in [5, 5.41) is 10.8. The van der Waals surface area contributed by atoms with E-state index in [0.29, 0.717) is 24.4 Å². The van der Waals surface area contributed by atoms with Crippen molar-refractivity contribution in [2.75, 3.05) is 30.3 Å². The predicted molar refractivity (Wildman–Crippen MR) is 97.0 cm³/mol. The molecule has 0 unspecified atom stereocenters. The molecule has 0 bridgehead atoms. The van der Waals surface area contributed by atoms with E-state index in [4.69, 9.17) is 5.73 Å². The molecule has 0 saturated carbocycles. The molecule has 0 radical (unpaired) electrons. The second-order valence-corrected chi connectivity index (χ2v) is 7.47. The van der Waals surface area contributed by atoms with Gasteiger partial charge in [-0.25, -0.2) is 9.97 Å². The first-order valence-corrected chi connectivity index (χ1v) is 9.22. The third kappa shape index (κ3) is 3.22. The number of aliphatic hydroxyl groups is 1. The molecule has 2 atom stereocenters. The molecule has 2 aliphatic heterocycles. The number of fused-ring (bicyclic) bond motifs is 1. The molecule has 9 heteroatoms. The molecular formula is C16H20N6O2S. The first-order chi connectivity index (χ1) is 12.1. The number of aromatic amines is 1. The number of hydrogen-bond acceptors (Lipinski definition) is 7. The quantitative estimate of drug-likeness (QED) is 0.705. The number of amides is 1. The van der Waals surface area contributed by atoms with E-state index in [1.807, 2.05) is 23.4 Å². The van der Waals surface area contributed by atoms with Crippen LogP contribution in [0.4, 0.5) is 5.82 Å². The van der Waals surface area contributed by atoms with Gasteiger partial charge in [0.05, 0.1) is 16.4 Å². The number of rotatable bonds is 2. The highest BCUT2D eigenvalue weighted by molar-refractivity contribution is 8.04. The van der Waals surface area contributed by atoms with Gasteiger partial charge in [-0.15, -0.1) is 11.8 Å². The highest BCUT2D eigenvalue weighted by Gasteiger charge is 2.30. The number of nitrogens with two attached hydrogens (primary N) is 1. The van der Waals surface area contributed by atoms with Crippen molar-refractivity contribution < 1.29 is 9.90 Å². The molecule has 4 rings (SSSR count). The average Bonchev–Trinajstić information content (AvgIpc) is 3.09. The predicted octanol–water partition coefficient (Wildman–Crippen LogP) is 0.273. The van der Waals surface area contributed by atoms with Crippen LogP contribution in [0.3, 0.4) is 0 Å². The van der Waals surface area contributed by atoms with Crippen molar-refractivity contribution in [3.8, 4) is 0 Å². The van der Waals surface area contributed by atoms with Crippen LogP contribution in [0.25, 0.3) is 11.0 Å². The van der Waals surface area contributed by atoms with Gasteiger partial charge in [0.2, 0.25) is 0 Å². The van der Waals surface area contributed by atoms with E-state index in [-0.39, 0.29) is 11.9 Å². The normalized spacial score (nSPS) is 24.5. The van der Waals surface area contributed by atoms with Gasteiger partial charge in [-0.05, 0) is 12.5 Å². The molecule has 8 nitrogen and oxygen atoms in total. The Balaban J connectivity index is 1.60. The Labute approximate surface area is 149 Å². The number of thioether (sulfide) groups is 1. The molecule has 0 aromatic carbocycles. The zero-order valence-electron chi connectivity index (χ0n) is 13.6. The summed E-state index contributed by atoms with van der Waals surface area (Å²) in [6.45, 7) is 1.57.